The fraction of sp³-hybridized carbons (Fsp3) is 0.538. The van der Waals surface area contributed by atoms with Crippen molar-refractivity contribution in [3.05, 3.63) is 35.1 Å². The van der Waals surface area contributed by atoms with Crippen LogP contribution >= 0.6 is 0 Å². The van der Waals surface area contributed by atoms with Gasteiger partial charge in [0.1, 0.15) is 5.82 Å². The standard InChI is InChI=1S/C13H13F4N/c14-11-5-8(13(15,16)17)1-2-9(11)10-6-12(10)3-4-18-7-12/h1-2,5,10,18H,3-4,6-7H2/t10-,12+/m0/s1. The third kappa shape index (κ3) is 1.81. The number of hydrogen-bond donors (Lipinski definition) is 1. The summed E-state index contributed by atoms with van der Waals surface area (Å²) in [5.41, 5.74) is -0.379. The smallest absolute Gasteiger partial charge is 0.316 e. The van der Waals surface area contributed by atoms with Gasteiger partial charge in [0.15, 0.2) is 0 Å². The molecular weight excluding hydrogens is 246 g/mol. The van der Waals surface area contributed by atoms with Crippen LogP contribution < -0.4 is 5.32 Å². The maximum atomic E-state index is 13.8. The molecule has 1 aliphatic carbocycles. The molecule has 1 saturated carbocycles. The lowest BCUT2D eigenvalue weighted by Crippen LogP contribution is -2.11. The predicted molar refractivity (Wildman–Crippen MR) is 58.7 cm³/mol. The van der Waals surface area contributed by atoms with Gasteiger partial charge in [-0.25, -0.2) is 4.39 Å². The molecule has 18 heavy (non-hydrogen) atoms. The highest BCUT2D eigenvalue weighted by Crippen LogP contribution is 2.63. The summed E-state index contributed by atoms with van der Waals surface area (Å²) in [6.07, 6.45) is -2.62. The molecule has 0 aromatic heterocycles. The molecule has 0 amide bonds. The van der Waals surface area contributed by atoms with Crippen LogP contribution in [-0.4, -0.2) is 13.1 Å². The molecular formula is C13H13F4N. The Labute approximate surface area is 102 Å². The highest BCUT2D eigenvalue weighted by Gasteiger charge is 2.56. The van der Waals surface area contributed by atoms with Gasteiger partial charge in [-0.15, -0.1) is 0 Å². The molecule has 5 heteroatoms. The number of benzene rings is 1. The second kappa shape index (κ2) is 3.70. The van der Waals surface area contributed by atoms with E-state index in [1.165, 1.54) is 6.07 Å². The van der Waals surface area contributed by atoms with E-state index in [1.807, 2.05) is 0 Å². The number of rotatable bonds is 1. The van der Waals surface area contributed by atoms with Gasteiger partial charge in [-0.05, 0) is 48.4 Å². The molecule has 0 radical (unpaired) electrons. The van der Waals surface area contributed by atoms with E-state index < -0.39 is 17.6 Å². The number of hydrogen-bond acceptors (Lipinski definition) is 1. The Hall–Kier alpha value is -1.10. The zero-order valence-corrected chi connectivity index (χ0v) is 9.65. The van der Waals surface area contributed by atoms with Crippen molar-refractivity contribution in [1.82, 2.24) is 5.32 Å². The highest BCUT2D eigenvalue weighted by molar-refractivity contribution is 5.35. The monoisotopic (exact) mass is 259 g/mol. The molecule has 1 spiro atoms. The van der Waals surface area contributed by atoms with Gasteiger partial charge in [0.25, 0.3) is 0 Å². The van der Waals surface area contributed by atoms with Crippen molar-refractivity contribution in [2.24, 2.45) is 5.41 Å². The summed E-state index contributed by atoms with van der Waals surface area (Å²) in [4.78, 5) is 0. The second-order valence-corrected chi connectivity index (χ2v) is 5.28. The normalized spacial score (nSPS) is 31.0. The van der Waals surface area contributed by atoms with E-state index in [9.17, 15) is 17.6 Å². The van der Waals surface area contributed by atoms with E-state index in [0.29, 0.717) is 11.6 Å². The maximum Gasteiger partial charge on any atom is 0.416 e. The van der Waals surface area contributed by atoms with Crippen LogP contribution in [0.3, 0.4) is 0 Å². The van der Waals surface area contributed by atoms with Crippen molar-refractivity contribution < 1.29 is 17.6 Å². The van der Waals surface area contributed by atoms with Gasteiger partial charge >= 0.3 is 6.18 Å². The Balaban J connectivity index is 1.87. The van der Waals surface area contributed by atoms with Gasteiger partial charge in [0.05, 0.1) is 5.56 Å². The Bertz CT molecular complexity index is 474. The van der Waals surface area contributed by atoms with Gasteiger partial charge in [0.2, 0.25) is 0 Å². The molecule has 2 atom stereocenters. The summed E-state index contributed by atoms with van der Waals surface area (Å²) in [6, 6.07) is 2.90. The number of halogens is 4. The molecule has 98 valence electrons. The zero-order valence-electron chi connectivity index (χ0n) is 9.65. The van der Waals surface area contributed by atoms with Gasteiger partial charge in [-0.2, -0.15) is 13.2 Å². The summed E-state index contributed by atoms with van der Waals surface area (Å²) in [5.74, 6) is -0.645. The van der Waals surface area contributed by atoms with Crippen LogP contribution in [0.25, 0.3) is 0 Å². The van der Waals surface area contributed by atoms with Gasteiger partial charge in [-0.3, -0.25) is 0 Å². The molecule has 1 saturated heterocycles. The third-order valence-corrected chi connectivity index (χ3v) is 4.17. The van der Waals surface area contributed by atoms with Crippen molar-refractivity contribution >= 4 is 0 Å². The molecule has 2 fully saturated rings. The van der Waals surface area contributed by atoms with Crippen LogP contribution in [0.5, 0.6) is 0 Å². The largest absolute Gasteiger partial charge is 0.416 e. The van der Waals surface area contributed by atoms with Crippen molar-refractivity contribution in [3.63, 3.8) is 0 Å². The summed E-state index contributed by atoms with van der Waals surface area (Å²) in [5, 5.41) is 3.23. The Morgan fingerprint density at radius 3 is 2.61 bits per heavy atom. The first-order valence-corrected chi connectivity index (χ1v) is 6.00. The van der Waals surface area contributed by atoms with E-state index in [2.05, 4.69) is 5.32 Å². The van der Waals surface area contributed by atoms with Crippen LogP contribution in [0.4, 0.5) is 17.6 Å². The molecule has 2 aliphatic rings. The van der Waals surface area contributed by atoms with Crippen molar-refractivity contribution in [3.8, 4) is 0 Å². The minimum atomic E-state index is -4.48. The fourth-order valence-electron chi connectivity index (χ4n) is 3.01. The molecule has 1 nitrogen and oxygen atoms in total. The molecule has 1 aliphatic heterocycles. The third-order valence-electron chi connectivity index (χ3n) is 4.17. The zero-order chi connectivity index (χ0) is 13.0. The predicted octanol–water partition coefficient (Wildman–Crippen LogP) is 3.31. The van der Waals surface area contributed by atoms with Crippen LogP contribution in [0.15, 0.2) is 18.2 Å². The molecule has 1 aromatic rings. The number of nitrogens with one attached hydrogen (secondary N) is 1. The van der Waals surface area contributed by atoms with Crippen molar-refractivity contribution in [2.45, 2.75) is 24.9 Å². The van der Waals surface area contributed by atoms with Crippen molar-refractivity contribution in [1.29, 1.82) is 0 Å². The molecule has 0 bridgehead atoms. The lowest BCUT2D eigenvalue weighted by Gasteiger charge is -2.11. The first-order chi connectivity index (χ1) is 8.42. The molecule has 1 N–H and O–H groups in total. The topological polar surface area (TPSA) is 12.0 Å². The lowest BCUT2D eigenvalue weighted by atomic mass is 9.97. The van der Waals surface area contributed by atoms with Crippen molar-refractivity contribution in [2.75, 3.05) is 13.1 Å². The van der Waals surface area contributed by atoms with E-state index in [-0.39, 0.29) is 11.3 Å². The first kappa shape index (κ1) is 12.0. The molecule has 0 unspecified atom stereocenters. The second-order valence-electron chi connectivity index (χ2n) is 5.28. The molecule has 1 heterocycles. The summed E-state index contributed by atoms with van der Waals surface area (Å²) in [7, 11) is 0. The Morgan fingerprint density at radius 2 is 2.06 bits per heavy atom. The summed E-state index contributed by atoms with van der Waals surface area (Å²) < 4.78 is 51.1. The maximum absolute atomic E-state index is 13.8. The minimum absolute atomic E-state index is 0.0785. The van der Waals surface area contributed by atoms with Gasteiger partial charge < -0.3 is 5.32 Å². The van der Waals surface area contributed by atoms with E-state index in [4.69, 9.17) is 0 Å². The minimum Gasteiger partial charge on any atom is -0.316 e. The highest BCUT2D eigenvalue weighted by atomic mass is 19.4. The Kier molecular flexibility index (Phi) is 2.46. The summed E-state index contributed by atoms with van der Waals surface area (Å²) >= 11 is 0. The van der Waals surface area contributed by atoms with Gasteiger partial charge in [-0.1, -0.05) is 6.07 Å². The fourth-order valence-corrected chi connectivity index (χ4v) is 3.01. The SMILES string of the molecule is Fc1cc(C(F)(F)F)ccc1[C@@H]1C[C@@]12CCNC2. The quantitative estimate of drug-likeness (QED) is 0.763. The van der Waals surface area contributed by atoms with E-state index in [0.717, 1.165) is 32.0 Å². The van der Waals surface area contributed by atoms with Crippen LogP contribution in [-0.2, 0) is 6.18 Å². The van der Waals surface area contributed by atoms with Crippen LogP contribution in [0.1, 0.15) is 29.9 Å². The lowest BCUT2D eigenvalue weighted by molar-refractivity contribution is -0.137. The van der Waals surface area contributed by atoms with E-state index in [1.54, 1.807) is 0 Å². The molecule has 1 aromatic carbocycles. The Morgan fingerprint density at radius 1 is 1.28 bits per heavy atom. The summed E-state index contributed by atoms with van der Waals surface area (Å²) in [6.45, 7) is 1.76. The first-order valence-electron chi connectivity index (χ1n) is 6.00. The van der Waals surface area contributed by atoms with Crippen LogP contribution in [0, 0.1) is 11.2 Å². The average Bonchev–Trinajstić information content (AvgIpc) is 2.75. The average molecular weight is 259 g/mol. The van der Waals surface area contributed by atoms with Gasteiger partial charge in [0, 0.05) is 6.54 Å². The number of alkyl halides is 3. The van der Waals surface area contributed by atoms with E-state index >= 15 is 0 Å². The van der Waals surface area contributed by atoms with Crippen LogP contribution in [0.2, 0.25) is 0 Å². The molecule has 3 rings (SSSR count).